The van der Waals surface area contributed by atoms with E-state index < -0.39 is 57.8 Å². The number of nitrogens with zero attached hydrogens (tertiary/aromatic N) is 9. The van der Waals surface area contributed by atoms with Gasteiger partial charge in [-0.2, -0.15) is 13.2 Å². The standard InChI is InChI=1S/C10H3BrFN5O5.C10H5BrFN5O3.C2HF3O2.CH4N2O.H2O2/c11-5-3-4(1-2-6(5)12)16-8(14-21-10(16)18)7-9(17(19)20)15-22-13-7;11-5-3-4(1-2-6(5)12)17-9(16-19-10(17)18)7-8(13)15-20-14-7;3-2(4,5)1(6)7;2-1(3)4;1-2/h1-3H;1-3H,(H2,13,15);(H,6,7);(H4,2,3,4);1-2H. The first-order chi connectivity index (χ1) is 25.7. The highest BCUT2D eigenvalue weighted by molar-refractivity contribution is 9.10. The van der Waals surface area contributed by atoms with Crippen LogP contribution in [-0.4, -0.2) is 78.8 Å². The minimum absolute atomic E-state index is 0.00672. The summed E-state index contributed by atoms with van der Waals surface area (Å²) in [6.45, 7) is 0. The average Bonchev–Trinajstić information content (AvgIpc) is 3.92. The molecule has 25 nitrogen and oxygen atoms in total. The normalized spacial score (nSPS) is 10.3. The van der Waals surface area contributed by atoms with E-state index in [4.69, 9.17) is 30.9 Å². The molecule has 2 amide bonds. The van der Waals surface area contributed by atoms with Gasteiger partial charge >= 0.3 is 35.5 Å². The molecule has 6 aromatic rings. The van der Waals surface area contributed by atoms with Gasteiger partial charge in [0.2, 0.25) is 11.6 Å². The van der Waals surface area contributed by atoms with Crippen LogP contribution in [0.1, 0.15) is 0 Å². The van der Waals surface area contributed by atoms with E-state index in [9.17, 15) is 41.7 Å². The van der Waals surface area contributed by atoms with Gasteiger partial charge in [0.1, 0.15) is 11.6 Å². The number of primary amides is 2. The third kappa shape index (κ3) is 11.5. The van der Waals surface area contributed by atoms with Gasteiger partial charge in [0.25, 0.3) is 5.69 Å². The van der Waals surface area contributed by atoms with Crippen LogP contribution in [0.4, 0.5) is 38.4 Å². The van der Waals surface area contributed by atoms with E-state index in [1.54, 1.807) is 0 Å². The Morgan fingerprint density at radius 1 is 0.782 bits per heavy atom. The van der Waals surface area contributed by atoms with E-state index in [0.717, 1.165) is 15.2 Å². The zero-order valence-electron chi connectivity index (χ0n) is 25.8. The van der Waals surface area contributed by atoms with Crippen LogP contribution in [0.5, 0.6) is 0 Å². The molecule has 32 heteroatoms. The molecule has 0 fully saturated rings. The van der Waals surface area contributed by atoms with Crippen LogP contribution >= 0.6 is 31.9 Å². The number of anilines is 1. The Morgan fingerprint density at radius 2 is 1.16 bits per heavy atom. The van der Waals surface area contributed by atoms with E-state index in [0.29, 0.717) is 5.69 Å². The maximum Gasteiger partial charge on any atom is 0.490 e. The number of aromatic nitrogens is 8. The molecule has 4 aromatic heterocycles. The van der Waals surface area contributed by atoms with Crippen molar-refractivity contribution < 1.29 is 70.4 Å². The molecule has 0 saturated heterocycles. The molecular formula is C23H15Br2F5N12O13. The number of aliphatic carboxylic acids is 1. The van der Waals surface area contributed by atoms with Crippen LogP contribution in [0.25, 0.3) is 34.4 Å². The van der Waals surface area contributed by atoms with Gasteiger partial charge in [-0.15, -0.1) is 4.63 Å². The van der Waals surface area contributed by atoms with E-state index in [2.05, 4.69) is 92.6 Å². The highest BCUT2D eigenvalue weighted by atomic mass is 79.9. The van der Waals surface area contributed by atoms with Crippen LogP contribution in [-0.2, 0) is 4.79 Å². The molecule has 0 bridgehead atoms. The molecule has 0 spiro atoms. The van der Waals surface area contributed by atoms with Crippen molar-refractivity contribution in [1.82, 2.24) is 40.1 Å². The lowest BCUT2D eigenvalue weighted by Gasteiger charge is -2.03. The summed E-state index contributed by atoms with van der Waals surface area (Å²) in [4.78, 5) is 51.4. The SMILES string of the molecule is NC(N)=O.Nc1nonc1-c1noc(=O)n1-c1ccc(F)c(Br)c1.O=C(O)C(F)(F)F.O=c1onc(-c2nonc2[N+](=O)[O-])n1-c1ccc(F)c(Br)c1.OO. The van der Waals surface area contributed by atoms with Gasteiger partial charge in [0.05, 0.1) is 20.3 Å². The summed E-state index contributed by atoms with van der Waals surface area (Å²) in [5, 5.41) is 50.4. The zero-order valence-corrected chi connectivity index (χ0v) is 29.0. The summed E-state index contributed by atoms with van der Waals surface area (Å²) in [6.07, 6.45) is -5.08. The quantitative estimate of drug-likeness (QED) is 0.0626. The fourth-order valence-corrected chi connectivity index (χ4v) is 4.03. The molecule has 0 atom stereocenters. The van der Waals surface area contributed by atoms with Gasteiger partial charge in [0, 0.05) is 0 Å². The lowest BCUT2D eigenvalue weighted by atomic mass is 10.3. The third-order valence-electron chi connectivity index (χ3n) is 5.36. The molecule has 2 aromatic carbocycles. The van der Waals surface area contributed by atoms with Crippen LogP contribution < -0.4 is 28.7 Å². The summed E-state index contributed by atoms with van der Waals surface area (Å²) in [5.74, 6) is -6.56. The number of carbonyl (C=O) groups is 2. The number of carbonyl (C=O) groups excluding carboxylic acids is 1. The van der Waals surface area contributed by atoms with Crippen LogP contribution in [0.3, 0.4) is 0 Å². The van der Waals surface area contributed by atoms with Crippen molar-refractivity contribution in [2.45, 2.75) is 6.18 Å². The van der Waals surface area contributed by atoms with Crippen LogP contribution in [0.2, 0.25) is 0 Å². The molecule has 6 rings (SSSR count). The zero-order chi connectivity index (χ0) is 41.8. The van der Waals surface area contributed by atoms with E-state index in [-0.39, 0.29) is 37.8 Å². The molecule has 9 N–H and O–H groups in total. The number of carboxylic acids is 1. The monoisotopic (exact) mass is 920 g/mol. The number of nitro groups is 1. The largest absolute Gasteiger partial charge is 0.490 e. The van der Waals surface area contributed by atoms with Gasteiger partial charge in [-0.25, -0.2) is 41.7 Å². The lowest BCUT2D eigenvalue weighted by Crippen LogP contribution is -2.21. The number of nitrogen functional groups attached to an aromatic ring is 1. The van der Waals surface area contributed by atoms with E-state index in [1.807, 2.05) is 0 Å². The van der Waals surface area contributed by atoms with Crippen LogP contribution in [0.15, 0.2) is 73.2 Å². The Hall–Kier alpha value is -6.93. The smallest absolute Gasteiger partial charge is 0.475 e. The molecule has 0 aliphatic heterocycles. The Bertz CT molecular complexity index is 2390. The van der Waals surface area contributed by atoms with Crippen molar-refractivity contribution in [2.75, 3.05) is 5.73 Å². The minimum atomic E-state index is -5.08. The number of benzene rings is 2. The van der Waals surface area contributed by atoms with Crippen molar-refractivity contribution in [2.24, 2.45) is 11.5 Å². The summed E-state index contributed by atoms with van der Waals surface area (Å²) in [6, 6.07) is 6.76. The van der Waals surface area contributed by atoms with Crippen LogP contribution in [0, 0.1) is 21.7 Å². The molecule has 55 heavy (non-hydrogen) atoms. The first-order valence-corrected chi connectivity index (χ1v) is 14.5. The molecule has 0 unspecified atom stereocenters. The number of carboxylic acid groups (broad SMARTS) is 1. The Balaban J connectivity index is 0.000000291. The number of urea groups is 1. The average molecular weight is 922 g/mol. The maximum absolute atomic E-state index is 13.3. The molecule has 0 aliphatic carbocycles. The van der Waals surface area contributed by atoms with E-state index in [1.165, 1.54) is 30.3 Å². The predicted molar refractivity (Wildman–Crippen MR) is 170 cm³/mol. The summed E-state index contributed by atoms with van der Waals surface area (Å²) >= 11 is 6.00. The van der Waals surface area contributed by atoms with Gasteiger partial charge in [-0.05, 0) is 88.7 Å². The van der Waals surface area contributed by atoms with E-state index >= 15 is 0 Å². The number of amides is 2. The minimum Gasteiger partial charge on any atom is -0.475 e. The summed E-state index contributed by atoms with van der Waals surface area (Å²) < 4.78 is 78.3. The number of alkyl halides is 3. The third-order valence-corrected chi connectivity index (χ3v) is 6.57. The lowest BCUT2D eigenvalue weighted by molar-refractivity contribution is -0.390. The highest BCUT2D eigenvalue weighted by Crippen LogP contribution is 2.27. The molecule has 0 radical (unpaired) electrons. The van der Waals surface area contributed by atoms with Crippen molar-refractivity contribution in [3.8, 4) is 34.4 Å². The summed E-state index contributed by atoms with van der Waals surface area (Å²) in [7, 11) is 0. The number of rotatable bonds is 5. The first-order valence-electron chi connectivity index (χ1n) is 12.9. The Kier molecular flexibility index (Phi) is 15.5. The number of hydrogen-bond donors (Lipinski definition) is 6. The fraction of sp³-hybridized carbons (Fsp3) is 0.0435. The number of halogens is 7. The van der Waals surface area contributed by atoms with Crippen molar-refractivity contribution in [1.29, 1.82) is 0 Å². The van der Waals surface area contributed by atoms with Crippen molar-refractivity contribution >= 4 is 55.5 Å². The second-order valence-electron chi connectivity index (χ2n) is 8.81. The highest BCUT2D eigenvalue weighted by Gasteiger charge is 2.38. The molecule has 0 aliphatic rings. The maximum atomic E-state index is 13.3. The second-order valence-corrected chi connectivity index (χ2v) is 10.5. The molecular weight excluding hydrogens is 907 g/mol. The summed E-state index contributed by atoms with van der Waals surface area (Å²) in [5.41, 5.74) is 14.2. The molecule has 4 heterocycles. The topological polar surface area (TPSA) is 390 Å². The van der Waals surface area contributed by atoms with Gasteiger partial charge in [-0.3, -0.25) is 19.6 Å². The van der Waals surface area contributed by atoms with Crippen molar-refractivity contribution in [3.63, 3.8) is 0 Å². The van der Waals surface area contributed by atoms with Gasteiger partial charge in [0.15, 0.2) is 16.7 Å². The predicted octanol–water partition coefficient (Wildman–Crippen LogP) is 2.72. The van der Waals surface area contributed by atoms with Gasteiger partial charge < -0.3 is 32.4 Å². The number of hydrogen-bond acceptors (Lipinski definition) is 19. The molecule has 0 saturated carbocycles. The Labute approximate surface area is 311 Å². The van der Waals surface area contributed by atoms with Crippen molar-refractivity contribution in [3.05, 3.63) is 88.2 Å². The fourth-order valence-electron chi connectivity index (χ4n) is 3.30. The van der Waals surface area contributed by atoms with Gasteiger partial charge in [-0.1, -0.05) is 10.3 Å². The molecule has 294 valence electrons. The Morgan fingerprint density at radius 3 is 1.51 bits per heavy atom. The number of nitrogens with two attached hydrogens (primary N) is 3. The first kappa shape index (κ1) is 44.2. The second kappa shape index (κ2) is 19.2.